The minimum atomic E-state index is 0.771. The summed E-state index contributed by atoms with van der Waals surface area (Å²) in [5, 5.41) is 0. The van der Waals surface area contributed by atoms with Gasteiger partial charge < -0.3 is 10.6 Å². The maximum atomic E-state index is 5.91. The predicted molar refractivity (Wildman–Crippen MR) is 75.5 cm³/mol. The zero-order chi connectivity index (χ0) is 12.3. The van der Waals surface area contributed by atoms with Crippen molar-refractivity contribution in [2.45, 2.75) is 39.5 Å². The van der Waals surface area contributed by atoms with E-state index in [9.17, 15) is 0 Å². The summed E-state index contributed by atoms with van der Waals surface area (Å²) in [6, 6.07) is 6.37. The molecule has 0 bridgehead atoms. The Hall–Kier alpha value is -1.18. The Balaban J connectivity index is 2.13. The Morgan fingerprint density at radius 1 is 1.41 bits per heavy atom. The average Bonchev–Trinajstić information content (AvgIpc) is 2.30. The molecule has 0 saturated heterocycles. The quantitative estimate of drug-likeness (QED) is 0.806. The van der Waals surface area contributed by atoms with Crippen molar-refractivity contribution in [3.63, 3.8) is 0 Å². The Kier molecular flexibility index (Phi) is 3.93. The van der Waals surface area contributed by atoms with Crippen LogP contribution in [0.2, 0.25) is 0 Å². The highest BCUT2D eigenvalue weighted by Crippen LogP contribution is 2.30. The second kappa shape index (κ2) is 5.44. The van der Waals surface area contributed by atoms with E-state index in [0.29, 0.717) is 0 Å². The molecule has 1 unspecified atom stereocenters. The zero-order valence-electron chi connectivity index (χ0n) is 11.1. The highest BCUT2D eigenvalue weighted by atomic mass is 15.1. The van der Waals surface area contributed by atoms with E-state index in [1.165, 1.54) is 50.0 Å². The first-order chi connectivity index (χ1) is 8.20. The van der Waals surface area contributed by atoms with Gasteiger partial charge in [-0.1, -0.05) is 26.3 Å². The van der Waals surface area contributed by atoms with Crippen LogP contribution in [-0.4, -0.2) is 13.1 Å². The molecule has 1 atom stereocenters. The highest BCUT2D eigenvalue weighted by molar-refractivity contribution is 5.62. The minimum absolute atomic E-state index is 0.771. The molecule has 0 radical (unpaired) electrons. The van der Waals surface area contributed by atoms with Gasteiger partial charge in [0.2, 0.25) is 0 Å². The fourth-order valence-corrected chi connectivity index (χ4v) is 2.82. The Bertz CT molecular complexity index is 373. The standard InChI is InChI=1S/C15H24N2/c1-3-5-12(2)11-17-9-4-6-13-7-8-14(16)10-15(13)17/h7-8,10,12H,3-6,9,11,16H2,1-2H3. The average molecular weight is 232 g/mol. The van der Waals surface area contributed by atoms with Crippen molar-refractivity contribution < 1.29 is 0 Å². The van der Waals surface area contributed by atoms with E-state index >= 15 is 0 Å². The van der Waals surface area contributed by atoms with E-state index in [4.69, 9.17) is 5.73 Å². The molecule has 17 heavy (non-hydrogen) atoms. The Morgan fingerprint density at radius 3 is 3.00 bits per heavy atom. The van der Waals surface area contributed by atoms with E-state index < -0.39 is 0 Å². The van der Waals surface area contributed by atoms with Crippen LogP contribution in [0.4, 0.5) is 11.4 Å². The van der Waals surface area contributed by atoms with Crippen LogP contribution in [-0.2, 0) is 6.42 Å². The third kappa shape index (κ3) is 2.93. The summed E-state index contributed by atoms with van der Waals surface area (Å²) in [6.07, 6.45) is 5.07. The number of aryl methyl sites for hydroxylation is 1. The van der Waals surface area contributed by atoms with Gasteiger partial charge in [0.1, 0.15) is 0 Å². The number of rotatable bonds is 4. The number of fused-ring (bicyclic) bond motifs is 1. The van der Waals surface area contributed by atoms with E-state index in [2.05, 4.69) is 30.9 Å². The van der Waals surface area contributed by atoms with Crippen LogP contribution in [0, 0.1) is 5.92 Å². The van der Waals surface area contributed by atoms with Crippen LogP contribution < -0.4 is 10.6 Å². The van der Waals surface area contributed by atoms with Gasteiger partial charge >= 0.3 is 0 Å². The normalized spacial score (nSPS) is 16.7. The molecule has 0 amide bonds. The maximum Gasteiger partial charge on any atom is 0.0419 e. The Labute approximate surface area is 105 Å². The van der Waals surface area contributed by atoms with Crippen molar-refractivity contribution in [1.82, 2.24) is 0 Å². The van der Waals surface area contributed by atoms with Crippen LogP contribution >= 0.6 is 0 Å². The second-order valence-electron chi connectivity index (χ2n) is 5.33. The van der Waals surface area contributed by atoms with E-state index in [0.717, 1.165) is 11.6 Å². The summed E-state index contributed by atoms with van der Waals surface area (Å²) < 4.78 is 0. The lowest BCUT2D eigenvalue weighted by Gasteiger charge is -2.33. The van der Waals surface area contributed by atoms with Crippen molar-refractivity contribution in [2.75, 3.05) is 23.7 Å². The first kappa shape index (κ1) is 12.3. The van der Waals surface area contributed by atoms with Crippen LogP contribution in [0.5, 0.6) is 0 Å². The van der Waals surface area contributed by atoms with E-state index in [-0.39, 0.29) is 0 Å². The molecule has 1 aromatic rings. The second-order valence-corrected chi connectivity index (χ2v) is 5.33. The third-order valence-corrected chi connectivity index (χ3v) is 3.64. The molecule has 0 aromatic heterocycles. The summed E-state index contributed by atoms with van der Waals surface area (Å²) in [5.41, 5.74) is 9.64. The zero-order valence-corrected chi connectivity index (χ0v) is 11.1. The van der Waals surface area contributed by atoms with E-state index in [1.807, 2.05) is 6.07 Å². The molecule has 0 spiro atoms. The molecule has 0 aliphatic carbocycles. The lowest BCUT2D eigenvalue weighted by molar-refractivity contribution is 0.502. The lowest BCUT2D eigenvalue weighted by Crippen LogP contribution is -2.33. The molecule has 2 heteroatoms. The van der Waals surface area contributed by atoms with Crippen molar-refractivity contribution in [3.8, 4) is 0 Å². The minimum Gasteiger partial charge on any atom is -0.399 e. The van der Waals surface area contributed by atoms with E-state index in [1.54, 1.807) is 0 Å². The van der Waals surface area contributed by atoms with Crippen molar-refractivity contribution in [3.05, 3.63) is 23.8 Å². The van der Waals surface area contributed by atoms with Crippen molar-refractivity contribution in [2.24, 2.45) is 5.92 Å². The molecule has 0 saturated carbocycles. The number of benzene rings is 1. The van der Waals surface area contributed by atoms with Crippen LogP contribution in [0.15, 0.2) is 18.2 Å². The van der Waals surface area contributed by atoms with Crippen LogP contribution in [0.25, 0.3) is 0 Å². The molecule has 1 aliphatic rings. The Morgan fingerprint density at radius 2 is 2.24 bits per heavy atom. The van der Waals surface area contributed by atoms with Gasteiger partial charge in [-0.3, -0.25) is 0 Å². The fourth-order valence-electron chi connectivity index (χ4n) is 2.82. The van der Waals surface area contributed by atoms with Gasteiger partial charge in [0, 0.05) is 24.5 Å². The molecule has 2 N–H and O–H groups in total. The monoisotopic (exact) mass is 232 g/mol. The molecule has 0 fully saturated rings. The van der Waals surface area contributed by atoms with Crippen molar-refractivity contribution in [1.29, 1.82) is 0 Å². The summed E-state index contributed by atoms with van der Waals surface area (Å²) >= 11 is 0. The van der Waals surface area contributed by atoms with Gasteiger partial charge in [0.15, 0.2) is 0 Å². The first-order valence-electron chi connectivity index (χ1n) is 6.84. The van der Waals surface area contributed by atoms with Gasteiger partial charge in [-0.05, 0) is 42.9 Å². The first-order valence-corrected chi connectivity index (χ1v) is 6.84. The summed E-state index contributed by atoms with van der Waals surface area (Å²) in [4.78, 5) is 2.52. The van der Waals surface area contributed by atoms with Gasteiger partial charge in [0.05, 0.1) is 0 Å². The number of nitrogens with zero attached hydrogens (tertiary/aromatic N) is 1. The molecule has 1 aromatic carbocycles. The molecule has 1 heterocycles. The number of hydrogen-bond acceptors (Lipinski definition) is 2. The SMILES string of the molecule is CCCC(C)CN1CCCc2ccc(N)cc21. The molecular weight excluding hydrogens is 208 g/mol. The van der Waals surface area contributed by atoms with Crippen molar-refractivity contribution >= 4 is 11.4 Å². The van der Waals surface area contributed by atoms with Crippen LogP contribution in [0.1, 0.15) is 38.7 Å². The third-order valence-electron chi connectivity index (χ3n) is 3.64. The largest absolute Gasteiger partial charge is 0.399 e. The van der Waals surface area contributed by atoms with Gasteiger partial charge in [0.25, 0.3) is 0 Å². The molecule has 94 valence electrons. The number of nitrogen functional groups attached to an aromatic ring is 1. The molecule has 1 aliphatic heterocycles. The number of nitrogens with two attached hydrogens (primary N) is 1. The summed E-state index contributed by atoms with van der Waals surface area (Å²) in [5.74, 6) is 0.771. The molecule has 2 nitrogen and oxygen atoms in total. The summed E-state index contributed by atoms with van der Waals surface area (Å²) in [6.45, 7) is 6.97. The smallest absolute Gasteiger partial charge is 0.0419 e. The number of anilines is 2. The number of hydrogen-bond donors (Lipinski definition) is 1. The van der Waals surface area contributed by atoms with Gasteiger partial charge in [-0.2, -0.15) is 0 Å². The summed E-state index contributed by atoms with van der Waals surface area (Å²) in [7, 11) is 0. The van der Waals surface area contributed by atoms with Gasteiger partial charge in [-0.15, -0.1) is 0 Å². The molecular formula is C15H24N2. The highest BCUT2D eigenvalue weighted by Gasteiger charge is 2.18. The lowest BCUT2D eigenvalue weighted by atomic mass is 9.98. The van der Waals surface area contributed by atoms with Gasteiger partial charge in [-0.25, -0.2) is 0 Å². The maximum absolute atomic E-state index is 5.91. The predicted octanol–water partition coefficient (Wildman–Crippen LogP) is 3.46. The van der Waals surface area contributed by atoms with Crippen LogP contribution in [0.3, 0.4) is 0 Å². The fraction of sp³-hybridized carbons (Fsp3) is 0.600. The topological polar surface area (TPSA) is 29.3 Å². The molecule has 2 rings (SSSR count).